The molecule has 0 bridgehead atoms. The van der Waals surface area contributed by atoms with Crippen LogP contribution in [0.3, 0.4) is 0 Å². The highest BCUT2D eigenvalue weighted by Crippen LogP contribution is 2.28. The first-order valence-corrected chi connectivity index (χ1v) is 5.41. The van der Waals surface area contributed by atoms with E-state index in [1.807, 2.05) is 11.9 Å². The van der Waals surface area contributed by atoms with Gasteiger partial charge in [0.05, 0.1) is 11.3 Å². The van der Waals surface area contributed by atoms with Crippen LogP contribution in [-0.4, -0.2) is 7.05 Å². The van der Waals surface area contributed by atoms with E-state index in [2.05, 4.69) is 6.07 Å². The molecular formula is C14H12FN3. The molecule has 18 heavy (non-hydrogen) atoms. The van der Waals surface area contributed by atoms with Crippen LogP contribution in [0.25, 0.3) is 0 Å². The molecule has 0 aromatic heterocycles. The topological polar surface area (TPSA) is 53.0 Å². The summed E-state index contributed by atoms with van der Waals surface area (Å²) in [5, 5.41) is 9.09. The maximum atomic E-state index is 12.9. The predicted molar refractivity (Wildman–Crippen MR) is 70.0 cm³/mol. The SMILES string of the molecule is CN(c1ccc(F)cc1)c1ccc(N)cc1C#N. The molecule has 0 fully saturated rings. The Kier molecular flexibility index (Phi) is 3.16. The van der Waals surface area contributed by atoms with Gasteiger partial charge in [0.2, 0.25) is 0 Å². The molecule has 3 nitrogen and oxygen atoms in total. The molecule has 0 unspecified atom stereocenters. The lowest BCUT2D eigenvalue weighted by Crippen LogP contribution is -2.11. The van der Waals surface area contributed by atoms with Gasteiger partial charge in [-0.1, -0.05) is 0 Å². The molecule has 0 aliphatic rings. The van der Waals surface area contributed by atoms with E-state index in [0.717, 1.165) is 11.4 Å². The zero-order valence-electron chi connectivity index (χ0n) is 9.89. The summed E-state index contributed by atoms with van der Waals surface area (Å²) in [7, 11) is 1.82. The number of nitrogen functional groups attached to an aromatic ring is 1. The highest BCUT2D eigenvalue weighted by atomic mass is 19.1. The van der Waals surface area contributed by atoms with E-state index in [0.29, 0.717) is 11.3 Å². The van der Waals surface area contributed by atoms with Crippen LogP contribution < -0.4 is 10.6 Å². The number of nitrogens with zero attached hydrogens (tertiary/aromatic N) is 2. The molecule has 2 N–H and O–H groups in total. The average Bonchev–Trinajstić information content (AvgIpc) is 2.38. The highest BCUT2D eigenvalue weighted by Gasteiger charge is 2.09. The Morgan fingerprint density at radius 3 is 2.44 bits per heavy atom. The third-order valence-corrected chi connectivity index (χ3v) is 2.72. The van der Waals surface area contributed by atoms with Crippen LogP contribution in [0.4, 0.5) is 21.5 Å². The van der Waals surface area contributed by atoms with Crippen molar-refractivity contribution in [2.45, 2.75) is 0 Å². The van der Waals surface area contributed by atoms with Crippen LogP contribution in [0, 0.1) is 17.1 Å². The summed E-state index contributed by atoms with van der Waals surface area (Å²) in [5.74, 6) is -0.287. The van der Waals surface area contributed by atoms with Crippen LogP contribution in [0.15, 0.2) is 42.5 Å². The van der Waals surface area contributed by atoms with Crippen molar-refractivity contribution in [3.63, 3.8) is 0 Å². The van der Waals surface area contributed by atoms with Gasteiger partial charge >= 0.3 is 0 Å². The number of nitrogens with two attached hydrogens (primary N) is 1. The van der Waals surface area contributed by atoms with E-state index < -0.39 is 0 Å². The third-order valence-electron chi connectivity index (χ3n) is 2.72. The van der Waals surface area contributed by atoms with Crippen LogP contribution in [0.5, 0.6) is 0 Å². The number of anilines is 3. The van der Waals surface area contributed by atoms with Crippen molar-refractivity contribution < 1.29 is 4.39 Å². The lowest BCUT2D eigenvalue weighted by molar-refractivity contribution is 0.628. The Balaban J connectivity index is 2.43. The van der Waals surface area contributed by atoms with Gasteiger partial charge in [0.1, 0.15) is 11.9 Å². The number of halogens is 1. The van der Waals surface area contributed by atoms with E-state index in [4.69, 9.17) is 11.0 Å². The van der Waals surface area contributed by atoms with E-state index in [-0.39, 0.29) is 5.82 Å². The summed E-state index contributed by atoms with van der Waals surface area (Å²) in [6.07, 6.45) is 0. The van der Waals surface area contributed by atoms with Crippen LogP contribution >= 0.6 is 0 Å². The first-order chi connectivity index (χ1) is 8.61. The molecule has 0 aliphatic carbocycles. The summed E-state index contributed by atoms with van der Waals surface area (Å²) in [6.45, 7) is 0. The van der Waals surface area contributed by atoms with Gasteiger partial charge in [0.15, 0.2) is 0 Å². The van der Waals surface area contributed by atoms with Crippen molar-refractivity contribution in [2.24, 2.45) is 0 Å². The number of rotatable bonds is 2. The zero-order chi connectivity index (χ0) is 13.1. The molecule has 0 aliphatic heterocycles. The third kappa shape index (κ3) is 2.25. The molecule has 2 aromatic carbocycles. The normalized spacial score (nSPS) is 9.83. The summed E-state index contributed by atoms with van der Waals surface area (Å²) < 4.78 is 12.9. The Morgan fingerprint density at radius 1 is 1.17 bits per heavy atom. The van der Waals surface area contributed by atoms with E-state index in [1.54, 1.807) is 30.3 Å². The first-order valence-electron chi connectivity index (χ1n) is 5.41. The largest absolute Gasteiger partial charge is 0.399 e. The van der Waals surface area contributed by atoms with E-state index in [1.165, 1.54) is 12.1 Å². The second-order valence-corrected chi connectivity index (χ2v) is 3.92. The minimum absolute atomic E-state index is 0.287. The highest BCUT2D eigenvalue weighted by molar-refractivity contribution is 5.71. The summed E-state index contributed by atoms with van der Waals surface area (Å²) in [5.41, 5.74) is 8.21. The van der Waals surface area contributed by atoms with Crippen molar-refractivity contribution in [3.05, 3.63) is 53.8 Å². The molecule has 2 aromatic rings. The Hall–Kier alpha value is -2.54. The van der Waals surface area contributed by atoms with Crippen molar-refractivity contribution in [1.82, 2.24) is 0 Å². The molecule has 0 spiro atoms. The lowest BCUT2D eigenvalue weighted by Gasteiger charge is -2.20. The van der Waals surface area contributed by atoms with Gasteiger partial charge in [-0.25, -0.2) is 4.39 Å². The Morgan fingerprint density at radius 2 is 1.83 bits per heavy atom. The fraction of sp³-hybridized carbons (Fsp3) is 0.0714. The quantitative estimate of drug-likeness (QED) is 0.822. The smallest absolute Gasteiger partial charge is 0.123 e. The molecule has 0 amide bonds. The van der Waals surface area contributed by atoms with Crippen molar-refractivity contribution in [1.29, 1.82) is 5.26 Å². The molecular weight excluding hydrogens is 229 g/mol. The second-order valence-electron chi connectivity index (χ2n) is 3.92. The number of hydrogen-bond donors (Lipinski definition) is 1. The van der Waals surface area contributed by atoms with Gasteiger partial charge in [-0.05, 0) is 42.5 Å². The number of hydrogen-bond acceptors (Lipinski definition) is 3. The Labute approximate surface area is 105 Å². The van der Waals surface area contributed by atoms with Gasteiger partial charge < -0.3 is 10.6 Å². The maximum absolute atomic E-state index is 12.9. The molecule has 2 rings (SSSR count). The van der Waals surface area contributed by atoms with Gasteiger partial charge in [-0.2, -0.15) is 5.26 Å². The van der Waals surface area contributed by atoms with E-state index >= 15 is 0 Å². The van der Waals surface area contributed by atoms with Crippen molar-refractivity contribution in [2.75, 3.05) is 17.7 Å². The summed E-state index contributed by atoms with van der Waals surface area (Å²) in [6, 6.07) is 13.3. The monoisotopic (exact) mass is 241 g/mol. The van der Waals surface area contributed by atoms with E-state index in [9.17, 15) is 4.39 Å². The predicted octanol–water partition coefficient (Wildman–Crippen LogP) is 3.05. The lowest BCUT2D eigenvalue weighted by atomic mass is 10.1. The summed E-state index contributed by atoms with van der Waals surface area (Å²) in [4.78, 5) is 1.82. The van der Waals surface area contributed by atoms with Crippen LogP contribution in [0.2, 0.25) is 0 Å². The molecule has 0 saturated carbocycles. The minimum atomic E-state index is -0.287. The Bertz CT molecular complexity index is 599. The molecule has 0 radical (unpaired) electrons. The van der Waals surface area contributed by atoms with Gasteiger partial charge in [-0.15, -0.1) is 0 Å². The zero-order valence-corrected chi connectivity index (χ0v) is 9.89. The fourth-order valence-electron chi connectivity index (χ4n) is 1.74. The van der Waals surface area contributed by atoms with Gasteiger partial charge in [-0.3, -0.25) is 0 Å². The number of nitriles is 1. The van der Waals surface area contributed by atoms with Crippen LogP contribution in [-0.2, 0) is 0 Å². The standard InChI is InChI=1S/C14H12FN3/c1-18(13-5-2-11(15)3-6-13)14-7-4-12(17)8-10(14)9-16/h2-8H,17H2,1H3. The second kappa shape index (κ2) is 4.76. The first kappa shape index (κ1) is 11.9. The van der Waals surface area contributed by atoms with Crippen molar-refractivity contribution in [3.8, 4) is 6.07 Å². The number of benzene rings is 2. The fourth-order valence-corrected chi connectivity index (χ4v) is 1.74. The molecule has 0 atom stereocenters. The average molecular weight is 241 g/mol. The molecule has 0 saturated heterocycles. The molecule has 0 heterocycles. The molecule has 4 heteroatoms. The van der Waals surface area contributed by atoms with Gasteiger partial charge in [0.25, 0.3) is 0 Å². The summed E-state index contributed by atoms with van der Waals surface area (Å²) >= 11 is 0. The molecule has 90 valence electrons. The van der Waals surface area contributed by atoms with Gasteiger partial charge in [0, 0.05) is 18.4 Å². The van der Waals surface area contributed by atoms with Crippen molar-refractivity contribution >= 4 is 17.1 Å². The minimum Gasteiger partial charge on any atom is -0.399 e. The maximum Gasteiger partial charge on any atom is 0.123 e. The van der Waals surface area contributed by atoms with Crippen LogP contribution in [0.1, 0.15) is 5.56 Å².